The van der Waals surface area contributed by atoms with Crippen molar-refractivity contribution in [3.63, 3.8) is 0 Å². The molecule has 94 valence electrons. The topological polar surface area (TPSA) is 62.2 Å². The maximum Gasteiger partial charge on any atom is 0.257 e. The highest BCUT2D eigenvalue weighted by Gasteiger charge is 2.11. The Labute approximate surface area is 109 Å². The van der Waals surface area contributed by atoms with Crippen molar-refractivity contribution in [3.8, 4) is 5.75 Å². The normalized spacial score (nSPS) is 10.3. The molecule has 5 heteroatoms. The van der Waals surface area contributed by atoms with Crippen LogP contribution in [0.4, 0.5) is 5.13 Å². The van der Waals surface area contributed by atoms with Crippen LogP contribution >= 0.6 is 11.3 Å². The van der Waals surface area contributed by atoms with Gasteiger partial charge >= 0.3 is 0 Å². The van der Waals surface area contributed by atoms with Crippen LogP contribution in [0.1, 0.15) is 27.9 Å². The molecule has 0 atom stereocenters. The van der Waals surface area contributed by atoms with E-state index in [4.69, 9.17) is 0 Å². The number of nitrogens with zero attached hydrogens (tertiary/aromatic N) is 1. The minimum atomic E-state index is -0.262. The van der Waals surface area contributed by atoms with Crippen molar-refractivity contribution in [2.75, 3.05) is 5.32 Å². The lowest BCUT2D eigenvalue weighted by Gasteiger charge is -2.01. The first-order valence-corrected chi connectivity index (χ1v) is 6.48. The van der Waals surface area contributed by atoms with Gasteiger partial charge in [0.1, 0.15) is 5.75 Å². The second-order valence-corrected chi connectivity index (χ2v) is 5.08. The molecule has 2 rings (SSSR count). The first kappa shape index (κ1) is 12.6. The first-order chi connectivity index (χ1) is 8.60. The number of aromatic nitrogens is 1. The highest BCUT2D eigenvalue weighted by Crippen LogP contribution is 2.23. The quantitative estimate of drug-likeness (QED) is 0.894. The van der Waals surface area contributed by atoms with Crippen molar-refractivity contribution in [2.45, 2.75) is 20.3 Å². The average Bonchev–Trinajstić information content (AvgIpc) is 2.69. The Bertz CT molecular complexity index is 578. The Hall–Kier alpha value is -1.88. The molecular formula is C13H14N2O2S. The summed E-state index contributed by atoms with van der Waals surface area (Å²) < 4.78 is 0. The summed E-state index contributed by atoms with van der Waals surface area (Å²) in [5.41, 5.74) is 1.42. The van der Waals surface area contributed by atoms with Crippen molar-refractivity contribution < 1.29 is 9.90 Å². The first-order valence-electron chi connectivity index (χ1n) is 5.67. The Morgan fingerprint density at radius 2 is 2.28 bits per heavy atom. The molecule has 0 fully saturated rings. The van der Waals surface area contributed by atoms with Gasteiger partial charge in [0.15, 0.2) is 5.13 Å². The van der Waals surface area contributed by atoms with Crippen LogP contribution in [-0.2, 0) is 6.42 Å². The molecule has 1 amide bonds. The SMILES string of the molecule is CCc1nc(NC(=O)c2cccc(O)c2)sc1C. The number of rotatable bonds is 3. The summed E-state index contributed by atoms with van der Waals surface area (Å²) in [4.78, 5) is 17.4. The molecule has 0 radical (unpaired) electrons. The van der Waals surface area contributed by atoms with Crippen molar-refractivity contribution in [3.05, 3.63) is 40.4 Å². The molecule has 0 bridgehead atoms. The van der Waals surface area contributed by atoms with E-state index in [-0.39, 0.29) is 11.7 Å². The van der Waals surface area contributed by atoms with Gasteiger partial charge in [-0.25, -0.2) is 4.98 Å². The van der Waals surface area contributed by atoms with Gasteiger partial charge in [0.2, 0.25) is 0 Å². The smallest absolute Gasteiger partial charge is 0.257 e. The second kappa shape index (κ2) is 5.18. The Morgan fingerprint density at radius 1 is 1.50 bits per heavy atom. The number of phenolic OH excluding ortho intramolecular Hbond substituents is 1. The fraction of sp³-hybridized carbons (Fsp3) is 0.231. The highest BCUT2D eigenvalue weighted by atomic mass is 32.1. The van der Waals surface area contributed by atoms with Gasteiger partial charge in [0, 0.05) is 10.4 Å². The zero-order valence-electron chi connectivity index (χ0n) is 10.2. The maximum absolute atomic E-state index is 11.9. The lowest BCUT2D eigenvalue weighted by molar-refractivity contribution is 0.102. The molecule has 2 aromatic rings. The fourth-order valence-electron chi connectivity index (χ4n) is 1.63. The number of phenols is 1. The van der Waals surface area contributed by atoms with Crippen molar-refractivity contribution >= 4 is 22.4 Å². The summed E-state index contributed by atoms with van der Waals surface area (Å²) in [6.07, 6.45) is 0.852. The van der Waals surface area contributed by atoms with Gasteiger partial charge < -0.3 is 5.11 Å². The summed E-state index contributed by atoms with van der Waals surface area (Å²) in [7, 11) is 0. The Kier molecular flexibility index (Phi) is 3.62. The third-order valence-electron chi connectivity index (χ3n) is 2.56. The van der Waals surface area contributed by atoms with Crippen LogP contribution in [-0.4, -0.2) is 16.0 Å². The number of thiazole rings is 1. The molecule has 2 N–H and O–H groups in total. The lowest BCUT2D eigenvalue weighted by Crippen LogP contribution is -2.11. The van der Waals surface area contributed by atoms with Crippen LogP contribution in [0.2, 0.25) is 0 Å². The molecule has 0 saturated carbocycles. The van der Waals surface area contributed by atoms with Crippen LogP contribution < -0.4 is 5.32 Å². The van der Waals surface area contributed by atoms with E-state index < -0.39 is 0 Å². The summed E-state index contributed by atoms with van der Waals surface area (Å²) in [6, 6.07) is 6.24. The maximum atomic E-state index is 11.9. The van der Waals surface area contributed by atoms with Crippen LogP contribution in [0.5, 0.6) is 5.75 Å². The molecule has 0 aliphatic carbocycles. The van der Waals surface area contributed by atoms with E-state index in [1.54, 1.807) is 12.1 Å². The van der Waals surface area contributed by atoms with E-state index in [2.05, 4.69) is 10.3 Å². The molecule has 0 aliphatic heterocycles. The molecule has 0 saturated heterocycles. The summed E-state index contributed by atoms with van der Waals surface area (Å²) >= 11 is 1.46. The predicted octanol–water partition coefficient (Wildman–Crippen LogP) is 2.97. The van der Waals surface area contributed by atoms with E-state index in [1.165, 1.54) is 23.5 Å². The zero-order chi connectivity index (χ0) is 13.1. The Balaban J connectivity index is 2.16. The van der Waals surface area contributed by atoms with Gasteiger partial charge in [0.05, 0.1) is 5.69 Å². The fourth-order valence-corrected chi connectivity index (χ4v) is 2.52. The number of benzene rings is 1. The number of carbonyl (C=O) groups is 1. The lowest BCUT2D eigenvalue weighted by atomic mass is 10.2. The second-order valence-electron chi connectivity index (χ2n) is 3.88. The standard InChI is InChI=1S/C13H14N2O2S/c1-3-11-8(2)18-13(14-11)15-12(17)9-5-4-6-10(16)7-9/h4-7,16H,3H2,1-2H3,(H,14,15,17). The number of aromatic hydroxyl groups is 1. The molecule has 1 aromatic heterocycles. The van der Waals surface area contributed by atoms with Crippen LogP contribution in [0.25, 0.3) is 0 Å². The zero-order valence-corrected chi connectivity index (χ0v) is 11.0. The van der Waals surface area contributed by atoms with Gasteiger partial charge in [-0.05, 0) is 31.5 Å². The summed E-state index contributed by atoms with van der Waals surface area (Å²) in [5, 5.41) is 12.7. The third kappa shape index (κ3) is 2.68. The van der Waals surface area contributed by atoms with Crippen molar-refractivity contribution in [1.82, 2.24) is 4.98 Å². The monoisotopic (exact) mass is 262 g/mol. The van der Waals surface area contributed by atoms with Gasteiger partial charge in [-0.3, -0.25) is 10.1 Å². The van der Waals surface area contributed by atoms with Gasteiger partial charge in [-0.1, -0.05) is 13.0 Å². The number of hydrogen-bond donors (Lipinski definition) is 2. The van der Waals surface area contributed by atoms with Crippen LogP contribution in [0.15, 0.2) is 24.3 Å². The number of carbonyl (C=O) groups excluding carboxylic acids is 1. The minimum Gasteiger partial charge on any atom is -0.508 e. The number of hydrogen-bond acceptors (Lipinski definition) is 4. The minimum absolute atomic E-state index is 0.0761. The van der Waals surface area contributed by atoms with E-state index >= 15 is 0 Å². The molecule has 1 aromatic carbocycles. The van der Waals surface area contributed by atoms with Crippen molar-refractivity contribution in [2.24, 2.45) is 0 Å². The molecule has 4 nitrogen and oxygen atoms in total. The molecule has 1 heterocycles. The van der Waals surface area contributed by atoms with E-state index in [0.29, 0.717) is 10.7 Å². The number of anilines is 1. The van der Waals surface area contributed by atoms with Crippen LogP contribution in [0.3, 0.4) is 0 Å². The van der Waals surface area contributed by atoms with E-state index in [1.807, 2.05) is 13.8 Å². The summed E-state index contributed by atoms with van der Waals surface area (Å²) in [6.45, 7) is 4.02. The molecule has 0 aliphatic rings. The third-order valence-corrected chi connectivity index (χ3v) is 3.48. The highest BCUT2D eigenvalue weighted by molar-refractivity contribution is 7.15. The largest absolute Gasteiger partial charge is 0.508 e. The number of nitrogens with one attached hydrogen (secondary N) is 1. The van der Waals surface area contributed by atoms with Gasteiger partial charge in [-0.2, -0.15) is 0 Å². The van der Waals surface area contributed by atoms with E-state index in [9.17, 15) is 9.90 Å². The average molecular weight is 262 g/mol. The Morgan fingerprint density at radius 3 is 2.89 bits per heavy atom. The molecule has 0 unspecified atom stereocenters. The number of aryl methyl sites for hydroxylation is 2. The molecular weight excluding hydrogens is 248 g/mol. The van der Waals surface area contributed by atoms with E-state index in [0.717, 1.165) is 17.0 Å². The molecule has 0 spiro atoms. The van der Waals surface area contributed by atoms with Crippen LogP contribution in [0, 0.1) is 6.92 Å². The van der Waals surface area contributed by atoms with Gasteiger partial charge in [-0.15, -0.1) is 11.3 Å². The van der Waals surface area contributed by atoms with Gasteiger partial charge in [0.25, 0.3) is 5.91 Å². The summed E-state index contributed by atoms with van der Waals surface area (Å²) in [5.74, 6) is -0.186. The number of amides is 1. The molecule has 18 heavy (non-hydrogen) atoms. The van der Waals surface area contributed by atoms with Crippen molar-refractivity contribution in [1.29, 1.82) is 0 Å². The predicted molar refractivity (Wildman–Crippen MR) is 72.3 cm³/mol.